The van der Waals surface area contributed by atoms with Gasteiger partial charge < -0.3 is 15.3 Å². The minimum Gasteiger partial charge on any atom is -0.508 e. The minimum absolute atomic E-state index is 0.0383. The topological polar surface area (TPSA) is 95.4 Å². The number of hydrogen-bond donors (Lipinski definition) is 2. The first-order valence-electron chi connectivity index (χ1n) is 10.5. The van der Waals surface area contributed by atoms with Gasteiger partial charge in [-0.15, -0.1) is 0 Å². The summed E-state index contributed by atoms with van der Waals surface area (Å²) in [5, 5.41) is 12.4. The van der Waals surface area contributed by atoms with Gasteiger partial charge in [-0.3, -0.25) is 9.59 Å². The minimum atomic E-state index is -0.164. The lowest BCUT2D eigenvalue weighted by molar-refractivity contribution is -0.130. The second-order valence-electron chi connectivity index (χ2n) is 7.68. The summed E-state index contributed by atoms with van der Waals surface area (Å²) in [4.78, 5) is 35.4. The highest BCUT2D eigenvalue weighted by Crippen LogP contribution is 2.22. The third-order valence-corrected chi connectivity index (χ3v) is 5.42. The summed E-state index contributed by atoms with van der Waals surface area (Å²) < 4.78 is 0. The molecule has 0 unspecified atom stereocenters. The van der Waals surface area contributed by atoms with E-state index in [-0.39, 0.29) is 23.5 Å². The molecule has 4 rings (SSSR count). The van der Waals surface area contributed by atoms with Crippen molar-refractivity contribution >= 4 is 23.6 Å². The van der Waals surface area contributed by atoms with Crippen LogP contribution in [0.2, 0.25) is 0 Å². The van der Waals surface area contributed by atoms with Crippen LogP contribution in [0.5, 0.6) is 5.75 Å². The lowest BCUT2D eigenvalue weighted by atomic mass is 9.95. The van der Waals surface area contributed by atoms with E-state index in [9.17, 15) is 14.7 Å². The molecule has 1 fully saturated rings. The summed E-state index contributed by atoms with van der Waals surface area (Å²) in [5.74, 6) is 0.315. The van der Waals surface area contributed by atoms with Gasteiger partial charge in [0.25, 0.3) is 0 Å². The first kappa shape index (κ1) is 21.2. The molecule has 0 saturated carbocycles. The molecule has 32 heavy (non-hydrogen) atoms. The second-order valence-corrected chi connectivity index (χ2v) is 7.68. The van der Waals surface area contributed by atoms with E-state index >= 15 is 0 Å². The van der Waals surface area contributed by atoms with E-state index in [0.717, 1.165) is 5.56 Å². The first-order chi connectivity index (χ1) is 15.6. The number of carbonyl (C=O) groups is 2. The van der Waals surface area contributed by atoms with Crippen molar-refractivity contribution in [1.82, 2.24) is 14.9 Å². The fourth-order valence-corrected chi connectivity index (χ4v) is 3.63. The van der Waals surface area contributed by atoms with E-state index in [4.69, 9.17) is 0 Å². The Morgan fingerprint density at radius 2 is 1.72 bits per heavy atom. The molecule has 3 aromatic rings. The molecule has 0 radical (unpaired) electrons. The van der Waals surface area contributed by atoms with Crippen molar-refractivity contribution in [2.45, 2.75) is 12.8 Å². The number of likely N-dealkylation sites (tertiary alicyclic amines) is 1. The van der Waals surface area contributed by atoms with Gasteiger partial charge in [0.05, 0.1) is 18.1 Å². The lowest BCUT2D eigenvalue weighted by Gasteiger charge is -2.30. The highest BCUT2D eigenvalue weighted by Gasteiger charge is 2.26. The molecule has 2 N–H and O–H groups in total. The predicted octanol–water partition coefficient (Wildman–Crippen LogP) is 3.74. The quantitative estimate of drug-likeness (QED) is 0.604. The summed E-state index contributed by atoms with van der Waals surface area (Å²) in [6.07, 6.45) is 7.72. The number of hydrogen-bond acceptors (Lipinski definition) is 5. The Balaban J connectivity index is 1.28. The van der Waals surface area contributed by atoms with Crippen LogP contribution in [0.4, 0.5) is 5.69 Å². The molecule has 2 heterocycles. The fraction of sp³-hybridized carbons (Fsp3) is 0.200. The Bertz CT molecular complexity index is 1110. The molecule has 0 bridgehead atoms. The number of phenols is 1. The molecule has 0 atom stereocenters. The maximum atomic E-state index is 12.6. The summed E-state index contributed by atoms with van der Waals surface area (Å²) in [6.45, 7) is 1.09. The number of nitrogens with one attached hydrogen (secondary N) is 1. The summed E-state index contributed by atoms with van der Waals surface area (Å²) in [7, 11) is 0. The molecule has 0 spiro atoms. The van der Waals surface area contributed by atoms with Gasteiger partial charge >= 0.3 is 0 Å². The van der Waals surface area contributed by atoms with Crippen LogP contribution in [0.15, 0.2) is 73.1 Å². The van der Waals surface area contributed by atoms with E-state index in [2.05, 4.69) is 15.3 Å². The van der Waals surface area contributed by atoms with Crippen LogP contribution in [0.3, 0.4) is 0 Å². The Labute approximate surface area is 186 Å². The summed E-state index contributed by atoms with van der Waals surface area (Å²) in [5.41, 5.74) is 2.19. The smallest absolute Gasteiger partial charge is 0.246 e. The van der Waals surface area contributed by atoms with Crippen molar-refractivity contribution < 1.29 is 14.7 Å². The third kappa shape index (κ3) is 5.37. The van der Waals surface area contributed by atoms with Crippen LogP contribution in [-0.4, -0.2) is 44.9 Å². The van der Waals surface area contributed by atoms with Gasteiger partial charge in [-0.2, -0.15) is 0 Å². The second kappa shape index (κ2) is 9.87. The van der Waals surface area contributed by atoms with Crippen molar-refractivity contribution in [2.24, 2.45) is 5.92 Å². The average Bonchev–Trinajstić information content (AvgIpc) is 2.84. The Kier molecular flexibility index (Phi) is 6.55. The number of benzene rings is 2. The van der Waals surface area contributed by atoms with Crippen LogP contribution in [0, 0.1) is 5.92 Å². The van der Waals surface area contributed by atoms with Crippen LogP contribution in [0.25, 0.3) is 17.5 Å². The Morgan fingerprint density at radius 3 is 2.41 bits per heavy atom. The van der Waals surface area contributed by atoms with Crippen LogP contribution in [-0.2, 0) is 9.59 Å². The van der Waals surface area contributed by atoms with Gasteiger partial charge in [0, 0.05) is 30.6 Å². The number of amides is 2. The number of carbonyl (C=O) groups excluding carboxylic acids is 2. The zero-order valence-corrected chi connectivity index (χ0v) is 17.5. The van der Waals surface area contributed by atoms with Crippen LogP contribution >= 0.6 is 0 Å². The van der Waals surface area contributed by atoms with Gasteiger partial charge in [-0.25, -0.2) is 9.97 Å². The molecule has 1 aromatic heterocycles. The SMILES string of the molecule is O=C(Nc1cnc(-c2cccc(O)c2)nc1)C1CCN(C(=O)/C=C/c2ccccc2)CC1. The Morgan fingerprint density at radius 1 is 1.00 bits per heavy atom. The van der Waals surface area contributed by atoms with E-state index in [1.165, 1.54) is 0 Å². The molecule has 7 heteroatoms. The zero-order valence-electron chi connectivity index (χ0n) is 17.5. The molecule has 2 aromatic carbocycles. The van der Waals surface area contributed by atoms with E-state index in [0.29, 0.717) is 43.0 Å². The van der Waals surface area contributed by atoms with E-state index in [1.807, 2.05) is 36.4 Å². The number of piperidine rings is 1. The zero-order chi connectivity index (χ0) is 22.3. The molecule has 1 saturated heterocycles. The molecule has 1 aliphatic heterocycles. The highest BCUT2D eigenvalue weighted by atomic mass is 16.3. The fourth-order valence-electron chi connectivity index (χ4n) is 3.63. The number of aromatic nitrogens is 2. The van der Waals surface area contributed by atoms with Gasteiger partial charge in [-0.05, 0) is 36.6 Å². The van der Waals surface area contributed by atoms with Crippen molar-refractivity contribution in [3.63, 3.8) is 0 Å². The van der Waals surface area contributed by atoms with Crippen molar-refractivity contribution in [1.29, 1.82) is 0 Å². The summed E-state index contributed by atoms with van der Waals surface area (Å²) >= 11 is 0. The van der Waals surface area contributed by atoms with Gasteiger partial charge in [0.15, 0.2) is 5.82 Å². The van der Waals surface area contributed by atoms with E-state index < -0.39 is 0 Å². The molecule has 1 aliphatic rings. The van der Waals surface area contributed by atoms with Gasteiger partial charge in [-0.1, -0.05) is 42.5 Å². The number of anilines is 1. The van der Waals surface area contributed by atoms with E-state index in [1.54, 1.807) is 47.6 Å². The predicted molar refractivity (Wildman–Crippen MR) is 123 cm³/mol. The van der Waals surface area contributed by atoms with Crippen molar-refractivity contribution in [2.75, 3.05) is 18.4 Å². The molecule has 0 aliphatic carbocycles. The number of phenolic OH excluding ortho intramolecular Hbond substituents is 1. The molecule has 7 nitrogen and oxygen atoms in total. The Hall–Kier alpha value is -4.00. The molecule has 2 amide bonds. The maximum absolute atomic E-state index is 12.6. The van der Waals surface area contributed by atoms with Crippen LogP contribution in [0.1, 0.15) is 18.4 Å². The van der Waals surface area contributed by atoms with Crippen molar-refractivity contribution in [3.8, 4) is 17.1 Å². The largest absolute Gasteiger partial charge is 0.508 e. The number of rotatable bonds is 5. The highest BCUT2D eigenvalue weighted by molar-refractivity contribution is 5.94. The molecular formula is C25H24N4O3. The standard InChI is InChI=1S/C25H24N4O3/c30-22-8-4-7-20(15-22)24-26-16-21(17-27-24)28-25(32)19-11-13-29(14-12-19)23(31)10-9-18-5-2-1-3-6-18/h1-10,15-17,19,30H,11-14H2,(H,28,32)/b10-9+. The average molecular weight is 428 g/mol. The van der Waals surface area contributed by atoms with Crippen molar-refractivity contribution in [3.05, 3.63) is 78.6 Å². The molecule has 162 valence electrons. The lowest BCUT2D eigenvalue weighted by Crippen LogP contribution is -2.40. The molecular weight excluding hydrogens is 404 g/mol. The number of aromatic hydroxyl groups is 1. The maximum Gasteiger partial charge on any atom is 0.246 e. The van der Waals surface area contributed by atoms with Gasteiger partial charge in [0.1, 0.15) is 5.75 Å². The normalized spacial score (nSPS) is 14.4. The summed E-state index contributed by atoms with van der Waals surface area (Å²) in [6, 6.07) is 16.4. The monoisotopic (exact) mass is 428 g/mol. The van der Waals surface area contributed by atoms with Crippen LogP contribution < -0.4 is 5.32 Å². The first-order valence-corrected chi connectivity index (χ1v) is 10.5. The van der Waals surface area contributed by atoms with Gasteiger partial charge in [0.2, 0.25) is 11.8 Å². The number of nitrogens with zero attached hydrogens (tertiary/aromatic N) is 3. The third-order valence-electron chi connectivity index (χ3n) is 5.42.